The number of nitrogens with zero attached hydrogens (tertiary/aromatic N) is 1. The number of aromatic nitrogens is 1. The average molecular weight is 249 g/mol. The summed E-state index contributed by atoms with van der Waals surface area (Å²) in [5.41, 5.74) is 1.21. The SMILES string of the molecule is COC(=O)c1ccc(NCC2CCNC2)nc1C. The zero-order chi connectivity index (χ0) is 13.0. The monoisotopic (exact) mass is 249 g/mol. The first-order valence-corrected chi connectivity index (χ1v) is 6.21. The fraction of sp³-hybridized carbons (Fsp3) is 0.538. The number of esters is 1. The Labute approximate surface area is 107 Å². The third kappa shape index (κ3) is 2.98. The molecule has 2 N–H and O–H groups in total. The van der Waals surface area contributed by atoms with Gasteiger partial charge in [0.1, 0.15) is 5.82 Å². The van der Waals surface area contributed by atoms with E-state index in [1.807, 2.05) is 13.0 Å². The fourth-order valence-corrected chi connectivity index (χ4v) is 2.12. The molecule has 0 bridgehead atoms. The number of aryl methyl sites for hydroxylation is 1. The van der Waals surface area contributed by atoms with Gasteiger partial charge in [-0.2, -0.15) is 0 Å². The summed E-state index contributed by atoms with van der Waals surface area (Å²) in [6, 6.07) is 3.57. The summed E-state index contributed by atoms with van der Waals surface area (Å²) in [7, 11) is 1.38. The number of pyridine rings is 1. The third-order valence-corrected chi connectivity index (χ3v) is 3.23. The van der Waals surface area contributed by atoms with Crippen LogP contribution in [0.25, 0.3) is 0 Å². The van der Waals surface area contributed by atoms with Crippen LogP contribution in [0.3, 0.4) is 0 Å². The predicted molar refractivity (Wildman–Crippen MR) is 69.8 cm³/mol. The Morgan fingerprint density at radius 3 is 3.06 bits per heavy atom. The lowest BCUT2D eigenvalue weighted by Crippen LogP contribution is -2.18. The van der Waals surface area contributed by atoms with Gasteiger partial charge in [-0.05, 0) is 44.5 Å². The summed E-state index contributed by atoms with van der Waals surface area (Å²) in [6.45, 7) is 4.89. The van der Waals surface area contributed by atoms with Gasteiger partial charge in [0, 0.05) is 6.54 Å². The van der Waals surface area contributed by atoms with E-state index >= 15 is 0 Å². The molecule has 0 saturated carbocycles. The molecule has 1 aliphatic rings. The lowest BCUT2D eigenvalue weighted by Gasteiger charge is -2.12. The van der Waals surface area contributed by atoms with Crippen molar-refractivity contribution in [2.45, 2.75) is 13.3 Å². The molecule has 1 fully saturated rings. The summed E-state index contributed by atoms with van der Waals surface area (Å²) in [5.74, 6) is 1.13. The molecule has 2 rings (SSSR count). The van der Waals surface area contributed by atoms with Crippen molar-refractivity contribution in [2.75, 3.05) is 32.1 Å². The smallest absolute Gasteiger partial charge is 0.339 e. The topological polar surface area (TPSA) is 63.2 Å². The van der Waals surface area contributed by atoms with Crippen molar-refractivity contribution in [3.63, 3.8) is 0 Å². The molecule has 1 aliphatic heterocycles. The second-order valence-corrected chi connectivity index (χ2v) is 4.56. The van der Waals surface area contributed by atoms with E-state index in [-0.39, 0.29) is 5.97 Å². The summed E-state index contributed by atoms with van der Waals surface area (Å²) in [5, 5.41) is 6.64. The lowest BCUT2D eigenvalue weighted by molar-refractivity contribution is 0.0599. The molecule has 1 saturated heterocycles. The maximum atomic E-state index is 11.4. The highest BCUT2D eigenvalue weighted by molar-refractivity contribution is 5.90. The minimum Gasteiger partial charge on any atom is -0.465 e. The molecule has 2 heterocycles. The Hall–Kier alpha value is -1.62. The van der Waals surface area contributed by atoms with Gasteiger partial charge < -0.3 is 15.4 Å². The van der Waals surface area contributed by atoms with Gasteiger partial charge >= 0.3 is 5.97 Å². The van der Waals surface area contributed by atoms with Gasteiger partial charge in [-0.15, -0.1) is 0 Å². The van der Waals surface area contributed by atoms with Crippen LogP contribution in [-0.2, 0) is 4.74 Å². The van der Waals surface area contributed by atoms with Gasteiger partial charge in [-0.3, -0.25) is 0 Å². The van der Waals surface area contributed by atoms with E-state index in [0.29, 0.717) is 17.2 Å². The number of carbonyl (C=O) groups is 1. The minimum atomic E-state index is -0.341. The quantitative estimate of drug-likeness (QED) is 0.785. The van der Waals surface area contributed by atoms with Crippen molar-refractivity contribution in [2.24, 2.45) is 5.92 Å². The molecule has 5 heteroatoms. The molecule has 18 heavy (non-hydrogen) atoms. The van der Waals surface area contributed by atoms with Crippen molar-refractivity contribution in [1.29, 1.82) is 0 Å². The van der Waals surface area contributed by atoms with Crippen molar-refractivity contribution < 1.29 is 9.53 Å². The molecule has 0 amide bonds. The molecule has 1 atom stereocenters. The molecule has 1 aromatic rings. The summed E-state index contributed by atoms with van der Waals surface area (Å²) in [6.07, 6.45) is 1.20. The number of ether oxygens (including phenoxy) is 1. The van der Waals surface area contributed by atoms with Gasteiger partial charge in [-0.1, -0.05) is 0 Å². The number of hydrogen-bond donors (Lipinski definition) is 2. The maximum absolute atomic E-state index is 11.4. The van der Waals surface area contributed by atoms with Crippen LogP contribution in [0.4, 0.5) is 5.82 Å². The summed E-state index contributed by atoms with van der Waals surface area (Å²) >= 11 is 0. The van der Waals surface area contributed by atoms with Crippen LogP contribution in [-0.4, -0.2) is 37.7 Å². The Morgan fingerprint density at radius 2 is 2.44 bits per heavy atom. The van der Waals surface area contributed by atoms with E-state index in [2.05, 4.69) is 15.6 Å². The van der Waals surface area contributed by atoms with Crippen molar-refractivity contribution >= 4 is 11.8 Å². The standard InChI is InChI=1S/C13H19N3O2/c1-9-11(13(17)18-2)3-4-12(16-9)15-8-10-5-6-14-7-10/h3-4,10,14H,5-8H2,1-2H3,(H,15,16). The Morgan fingerprint density at radius 1 is 1.61 bits per heavy atom. The average Bonchev–Trinajstić information content (AvgIpc) is 2.88. The Kier molecular flexibility index (Phi) is 4.15. The van der Waals surface area contributed by atoms with Crippen LogP contribution in [0, 0.1) is 12.8 Å². The molecule has 0 aliphatic carbocycles. The molecule has 0 spiro atoms. The number of methoxy groups -OCH3 is 1. The van der Waals surface area contributed by atoms with Crippen molar-refractivity contribution in [3.8, 4) is 0 Å². The molecule has 0 aromatic carbocycles. The highest BCUT2D eigenvalue weighted by Gasteiger charge is 2.15. The number of carbonyl (C=O) groups excluding carboxylic acids is 1. The molecule has 0 radical (unpaired) electrons. The van der Waals surface area contributed by atoms with Gasteiger partial charge in [0.05, 0.1) is 18.4 Å². The number of rotatable bonds is 4. The van der Waals surface area contributed by atoms with Crippen LogP contribution in [0.1, 0.15) is 22.5 Å². The third-order valence-electron chi connectivity index (χ3n) is 3.23. The van der Waals surface area contributed by atoms with Gasteiger partial charge in [-0.25, -0.2) is 9.78 Å². The number of nitrogens with one attached hydrogen (secondary N) is 2. The largest absolute Gasteiger partial charge is 0.465 e. The van der Waals surface area contributed by atoms with Crippen molar-refractivity contribution in [1.82, 2.24) is 10.3 Å². The van der Waals surface area contributed by atoms with E-state index in [1.54, 1.807) is 6.07 Å². The zero-order valence-corrected chi connectivity index (χ0v) is 10.8. The van der Waals surface area contributed by atoms with Crippen LogP contribution in [0.2, 0.25) is 0 Å². The molecular formula is C13H19N3O2. The second-order valence-electron chi connectivity index (χ2n) is 4.56. The fourth-order valence-electron chi connectivity index (χ4n) is 2.12. The van der Waals surface area contributed by atoms with Crippen LogP contribution >= 0.6 is 0 Å². The Bertz CT molecular complexity index is 428. The summed E-state index contributed by atoms with van der Waals surface area (Å²) < 4.78 is 4.69. The second kappa shape index (κ2) is 5.82. The first-order valence-electron chi connectivity index (χ1n) is 6.21. The highest BCUT2D eigenvalue weighted by Crippen LogP contribution is 2.13. The normalized spacial score (nSPS) is 18.7. The molecule has 1 aromatic heterocycles. The molecule has 1 unspecified atom stereocenters. The van der Waals surface area contributed by atoms with Crippen molar-refractivity contribution in [3.05, 3.63) is 23.4 Å². The lowest BCUT2D eigenvalue weighted by atomic mass is 10.1. The van der Waals surface area contributed by atoms with Gasteiger partial charge in [0.15, 0.2) is 0 Å². The predicted octanol–water partition coefficient (Wildman–Crippen LogP) is 1.20. The minimum absolute atomic E-state index is 0.341. The van der Waals surface area contributed by atoms with E-state index in [1.165, 1.54) is 13.5 Å². The van der Waals surface area contributed by atoms with Crippen LogP contribution < -0.4 is 10.6 Å². The Balaban J connectivity index is 1.97. The van der Waals surface area contributed by atoms with Gasteiger partial charge in [0.25, 0.3) is 0 Å². The summed E-state index contributed by atoms with van der Waals surface area (Å²) in [4.78, 5) is 15.8. The van der Waals surface area contributed by atoms with Crippen LogP contribution in [0.5, 0.6) is 0 Å². The highest BCUT2D eigenvalue weighted by atomic mass is 16.5. The van der Waals surface area contributed by atoms with E-state index in [4.69, 9.17) is 4.74 Å². The maximum Gasteiger partial charge on any atom is 0.339 e. The van der Waals surface area contributed by atoms with Crippen LogP contribution in [0.15, 0.2) is 12.1 Å². The molecular weight excluding hydrogens is 230 g/mol. The van der Waals surface area contributed by atoms with Gasteiger partial charge in [0.2, 0.25) is 0 Å². The molecule has 5 nitrogen and oxygen atoms in total. The zero-order valence-electron chi connectivity index (χ0n) is 10.8. The number of anilines is 1. The molecule has 98 valence electrons. The first-order chi connectivity index (χ1) is 8.70. The van der Waals surface area contributed by atoms with E-state index < -0.39 is 0 Å². The first kappa shape index (κ1) is 12.8. The van der Waals surface area contributed by atoms with E-state index in [0.717, 1.165) is 25.5 Å². The van der Waals surface area contributed by atoms with E-state index in [9.17, 15) is 4.79 Å². The number of hydrogen-bond acceptors (Lipinski definition) is 5.